The van der Waals surface area contributed by atoms with Crippen molar-refractivity contribution < 1.29 is 13.2 Å². The molecule has 0 heterocycles. The van der Waals surface area contributed by atoms with Crippen LogP contribution in [0.2, 0.25) is 0 Å². The minimum absolute atomic E-state index is 0.377. The number of aryl methyl sites for hydroxylation is 1. The largest absolute Gasteiger partial charge is 0.255 e. The predicted octanol–water partition coefficient (Wildman–Crippen LogP) is 3.84. The summed E-state index contributed by atoms with van der Waals surface area (Å²) in [5, 5.41) is 0. The SMILES string of the molecule is Cc1cc(C(Br)C(F)F)ccc1F. The lowest BCUT2D eigenvalue weighted by Gasteiger charge is -2.09. The number of rotatable bonds is 2. The van der Waals surface area contributed by atoms with Gasteiger partial charge in [-0.1, -0.05) is 28.1 Å². The maximum absolute atomic E-state index is 12.8. The topological polar surface area (TPSA) is 0 Å². The summed E-state index contributed by atoms with van der Waals surface area (Å²) < 4.78 is 37.2. The first-order chi connectivity index (χ1) is 6.02. The van der Waals surface area contributed by atoms with Crippen LogP contribution in [-0.2, 0) is 0 Å². The molecule has 1 aromatic rings. The van der Waals surface area contributed by atoms with E-state index >= 15 is 0 Å². The van der Waals surface area contributed by atoms with E-state index in [0.717, 1.165) is 0 Å². The maximum atomic E-state index is 12.8. The van der Waals surface area contributed by atoms with Crippen LogP contribution >= 0.6 is 15.9 Å². The molecule has 1 atom stereocenters. The first-order valence-electron chi connectivity index (χ1n) is 3.70. The fourth-order valence-corrected chi connectivity index (χ4v) is 1.27. The Kier molecular flexibility index (Phi) is 3.36. The highest BCUT2D eigenvalue weighted by Crippen LogP contribution is 2.30. The second-order valence-electron chi connectivity index (χ2n) is 2.74. The van der Waals surface area contributed by atoms with E-state index in [1.165, 1.54) is 18.2 Å². The Labute approximate surface area is 82.9 Å². The molecule has 1 aromatic carbocycles. The zero-order valence-corrected chi connectivity index (χ0v) is 8.48. The lowest BCUT2D eigenvalue weighted by Crippen LogP contribution is -2.01. The van der Waals surface area contributed by atoms with Crippen molar-refractivity contribution in [2.45, 2.75) is 18.2 Å². The molecule has 4 heteroatoms. The summed E-state index contributed by atoms with van der Waals surface area (Å²) in [4.78, 5) is -1.02. The fourth-order valence-electron chi connectivity index (χ4n) is 0.985. The van der Waals surface area contributed by atoms with Crippen molar-refractivity contribution in [3.05, 3.63) is 35.1 Å². The highest BCUT2D eigenvalue weighted by atomic mass is 79.9. The third kappa shape index (κ3) is 2.46. The molecule has 1 unspecified atom stereocenters. The highest BCUT2D eigenvalue weighted by Gasteiger charge is 2.19. The molecule has 0 spiro atoms. The summed E-state index contributed by atoms with van der Waals surface area (Å²) >= 11 is 2.84. The van der Waals surface area contributed by atoms with Crippen molar-refractivity contribution in [2.24, 2.45) is 0 Å². The highest BCUT2D eigenvalue weighted by molar-refractivity contribution is 9.09. The third-order valence-corrected chi connectivity index (χ3v) is 2.65. The van der Waals surface area contributed by atoms with Crippen LogP contribution in [0.5, 0.6) is 0 Å². The predicted molar refractivity (Wildman–Crippen MR) is 48.8 cm³/mol. The van der Waals surface area contributed by atoms with Gasteiger partial charge >= 0.3 is 0 Å². The average molecular weight is 253 g/mol. The third-order valence-electron chi connectivity index (χ3n) is 1.72. The molecular weight excluding hydrogens is 245 g/mol. The Hall–Kier alpha value is -0.510. The van der Waals surface area contributed by atoms with E-state index in [1.54, 1.807) is 6.92 Å². The van der Waals surface area contributed by atoms with Gasteiger partial charge in [-0.3, -0.25) is 0 Å². The normalized spacial score (nSPS) is 13.4. The van der Waals surface area contributed by atoms with E-state index in [0.29, 0.717) is 11.1 Å². The second kappa shape index (κ2) is 4.13. The van der Waals surface area contributed by atoms with Gasteiger partial charge in [0.05, 0.1) is 0 Å². The van der Waals surface area contributed by atoms with Gasteiger partial charge in [0.25, 0.3) is 6.43 Å². The van der Waals surface area contributed by atoms with E-state index in [-0.39, 0.29) is 5.82 Å². The molecule has 72 valence electrons. The molecule has 0 N–H and O–H groups in total. The molecule has 0 aliphatic carbocycles. The lowest BCUT2D eigenvalue weighted by molar-refractivity contribution is 0.147. The second-order valence-corrected chi connectivity index (χ2v) is 3.73. The number of halogens is 4. The molecule has 0 saturated carbocycles. The molecule has 0 bridgehead atoms. The van der Waals surface area contributed by atoms with Crippen LogP contribution in [0.3, 0.4) is 0 Å². The van der Waals surface area contributed by atoms with Crippen LogP contribution in [0, 0.1) is 12.7 Å². The molecule has 0 aliphatic rings. The van der Waals surface area contributed by atoms with Gasteiger partial charge in [0.15, 0.2) is 0 Å². The van der Waals surface area contributed by atoms with Crippen molar-refractivity contribution >= 4 is 15.9 Å². The van der Waals surface area contributed by atoms with E-state index in [2.05, 4.69) is 15.9 Å². The van der Waals surface area contributed by atoms with E-state index in [9.17, 15) is 13.2 Å². The molecule has 0 amide bonds. The molecule has 0 nitrogen and oxygen atoms in total. The van der Waals surface area contributed by atoms with Gasteiger partial charge < -0.3 is 0 Å². The van der Waals surface area contributed by atoms with Crippen molar-refractivity contribution in [3.63, 3.8) is 0 Å². The molecule has 0 radical (unpaired) electrons. The van der Waals surface area contributed by atoms with Crippen molar-refractivity contribution in [1.29, 1.82) is 0 Å². The molecule has 1 rings (SSSR count). The molecule has 13 heavy (non-hydrogen) atoms. The van der Waals surface area contributed by atoms with Crippen molar-refractivity contribution in [1.82, 2.24) is 0 Å². The molecule has 0 aromatic heterocycles. The van der Waals surface area contributed by atoms with E-state index in [1.807, 2.05) is 0 Å². The number of hydrogen-bond donors (Lipinski definition) is 0. The van der Waals surface area contributed by atoms with Crippen LogP contribution in [0.25, 0.3) is 0 Å². The van der Waals surface area contributed by atoms with Crippen LogP contribution in [0.15, 0.2) is 18.2 Å². The molecular formula is C9H8BrF3. The zero-order chi connectivity index (χ0) is 10.0. The van der Waals surface area contributed by atoms with Crippen LogP contribution in [0.1, 0.15) is 16.0 Å². The number of benzene rings is 1. The summed E-state index contributed by atoms with van der Waals surface area (Å²) in [7, 11) is 0. The molecule has 0 aliphatic heterocycles. The van der Waals surface area contributed by atoms with Crippen LogP contribution in [-0.4, -0.2) is 6.43 Å². The summed E-state index contributed by atoms with van der Waals surface area (Å²) in [5.41, 5.74) is 0.775. The Morgan fingerprint density at radius 3 is 2.38 bits per heavy atom. The Morgan fingerprint density at radius 1 is 1.31 bits per heavy atom. The summed E-state index contributed by atoms with van der Waals surface area (Å²) in [6.45, 7) is 1.55. The van der Waals surface area contributed by atoms with E-state index < -0.39 is 11.3 Å². The first-order valence-corrected chi connectivity index (χ1v) is 4.62. The minimum Gasteiger partial charge on any atom is -0.209 e. The smallest absolute Gasteiger partial charge is 0.209 e. The zero-order valence-electron chi connectivity index (χ0n) is 6.90. The van der Waals surface area contributed by atoms with Crippen molar-refractivity contribution in [3.8, 4) is 0 Å². The Bertz CT molecular complexity index is 299. The monoisotopic (exact) mass is 252 g/mol. The molecule has 0 saturated heterocycles. The standard InChI is InChI=1S/C9H8BrF3/c1-5-4-6(2-3-7(5)11)8(10)9(12)13/h2-4,8-9H,1H3. The number of alkyl halides is 3. The maximum Gasteiger partial charge on any atom is 0.255 e. The first kappa shape index (κ1) is 10.6. The van der Waals surface area contributed by atoms with Gasteiger partial charge in [-0.05, 0) is 24.1 Å². The molecule has 0 fully saturated rings. The summed E-state index contributed by atoms with van der Waals surface area (Å²) in [5.74, 6) is -0.377. The Morgan fingerprint density at radius 2 is 1.92 bits per heavy atom. The van der Waals surface area contributed by atoms with Crippen LogP contribution < -0.4 is 0 Å². The average Bonchev–Trinajstić information content (AvgIpc) is 2.08. The van der Waals surface area contributed by atoms with Crippen molar-refractivity contribution in [2.75, 3.05) is 0 Å². The van der Waals surface area contributed by atoms with Gasteiger partial charge in [0, 0.05) is 0 Å². The van der Waals surface area contributed by atoms with Gasteiger partial charge in [0.1, 0.15) is 10.6 Å². The minimum atomic E-state index is -2.48. The van der Waals surface area contributed by atoms with Crippen LogP contribution in [0.4, 0.5) is 13.2 Å². The fraction of sp³-hybridized carbons (Fsp3) is 0.333. The van der Waals surface area contributed by atoms with E-state index in [4.69, 9.17) is 0 Å². The summed E-state index contributed by atoms with van der Waals surface area (Å²) in [6.07, 6.45) is -2.48. The number of hydrogen-bond acceptors (Lipinski definition) is 0. The van der Waals surface area contributed by atoms with Gasteiger partial charge in [0.2, 0.25) is 0 Å². The quantitative estimate of drug-likeness (QED) is 0.702. The van der Waals surface area contributed by atoms with Gasteiger partial charge in [-0.2, -0.15) is 0 Å². The lowest BCUT2D eigenvalue weighted by atomic mass is 10.1. The van der Waals surface area contributed by atoms with Gasteiger partial charge in [-0.15, -0.1) is 0 Å². The van der Waals surface area contributed by atoms with Gasteiger partial charge in [-0.25, -0.2) is 13.2 Å². The summed E-state index contributed by atoms with van der Waals surface area (Å²) in [6, 6.07) is 3.97. The Balaban J connectivity index is 2.97.